The maximum absolute atomic E-state index is 14.0. The number of nitrogens with two attached hydrogens (primary N) is 2. The Bertz CT molecular complexity index is 644. The zero-order valence-electron chi connectivity index (χ0n) is 10.1. The molecule has 6 heteroatoms. The highest BCUT2D eigenvalue weighted by Crippen LogP contribution is 2.36. The number of benzene rings is 2. The van der Waals surface area contributed by atoms with Crippen molar-refractivity contribution in [1.29, 1.82) is 0 Å². The lowest BCUT2D eigenvalue weighted by molar-refractivity contribution is 0.618. The summed E-state index contributed by atoms with van der Waals surface area (Å²) < 4.78 is 27.4. The summed E-state index contributed by atoms with van der Waals surface area (Å²) in [6, 6.07) is 5.79. The fraction of sp³-hybridized carbons (Fsp3) is 0.0769. The van der Waals surface area contributed by atoms with Gasteiger partial charge < -0.3 is 16.8 Å². The minimum atomic E-state index is -0.761. The molecule has 0 radical (unpaired) electrons. The molecule has 3 nitrogen and oxygen atoms in total. The highest BCUT2D eigenvalue weighted by atomic mass is 35.5. The molecule has 0 saturated heterocycles. The Morgan fingerprint density at radius 1 is 1.16 bits per heavy atom. The highest BCUT2D eigenvalue weighted by Gasteiger charge is 2.15. The third-order valence-electron chi connectivity index (χ3n) is 2.79. The molecule has 100 valence electrons. The van der Waals surface area contributed by atoms with E-state index in [1.54, 1.807) is 13.0 Å². The molecule has 0 aliphatic rings. The molecule has 0 atom stereocenters. The fourth-order valence-corrected chi connectivity index (χ4v) is 1.82. The van der Waals surface area contributed by atoms with Crippen molar-refractivity contribution in [3.63, 3.8) is 0 Å². The number of rotatable bonds is 2. The lowest BCUT2D eigenvalue weighted by atomic mass is 10.1. The first-order chi connectivity index (χ1) is 8.91. The van der Waals surface area contributed by atoms with Crippen LogP contribution in [0.2, 0.25) is 5.02 Å². The summed E-state index contributed by atoms with van der Waals surface area (Å²) in [5.41, 5.74) is 12.1. The highest BCUT2D eigenvalue weighted by molar-refractivity contribution is 6.33. The third-order valence-corrected chi connectivity index (χ3v) is 3.18. The maximum atomic E-state index is 14.0. The summed E-state index contributed by atoms with van der Waals surface area (Å²) in [6.07, 6.45) is 0. The zero-order valence-corrected chi connectivity index (χ0v) is 10.9. The van der Waals surface area contributed by atoms with Gasteiger partial charge in [0.05, 0.1) is 17.1 Å². The molecule has 0 aliphatic carbocycles. The molecule has 0 saturated carbocycles. The monoisotopic (exact) mass is 283 g/mol. The Morgan fingerprint density at radius 2 is 1.84 bits per heavy atom. The molecule has 0 unspecified atom stereocenters. The average molecular weight is 284 g/mol. The first-order valence-electron chi connectivity index (χ1n) is 5.47. The molecule has 0 amide bonds. The minimum absolute atomic E-state index is 0.0205. The van der Waals surface area contributed by atoms with E-state index in [1.165, 1.54) is 18.2 Å². The first kappa shape index (κ1) is 13.4. The number of nitrogens with one attached hydrogen (secondary N) is 1. The molecule has 5 N–H and O–H groups in total. The van der Waals surface area contributed by atoms with Crippen LogP contribution in [0.5, 0.6) is 0 Å². The smallest absolute Gasteiger partial charge is 0.169 e. The molecular formula is C13H12ClF2N3. The van der Waals surface area contributed by atoms with Crippen LogP contribution >= 0.6 is 11.6 Å². The predicted molar refractivity (Wildman–Crippen MR) is 74.7 cm³/mol. The third kappa shape index (κ3) is 2.42. The molecule has 0 fully saturated rings. The standard InChI is InChI=1S/C13H12ClF2N3/c1-6-7(15)3-2-4-10(6)19-13-9(18)5-8(17)11(14)12(13)16/h2-5,19H,17-18H2,1H3. The van der Waals surface area contributed by atoms with Crippen molar-refractivity contribution < 1.29 is 8.78 Å². The van der Waals surface area contributed by atoms with E-state index in [4.69, 9.17) is 23.1 Å². The van der Waals surface area contributed by atoms with Crippen molar-refractivity contribution in [3.8, 4) is 0 Å². The van der Waals surface area contributed by atoms with Crippen molar-refractivity contribution in [2.24, 2.45) is 0 Å². The van der Waals surface area contributed by atoms with Crippen LogP contribution in [-0.2, 0) is 0 Å². The normalized spacial score (nSPS) is 10.5. The van der Waals surface area contributed by atoms with E-state index in [0.717, 1.165) is 0 Å². The number of halogens is 3. The summed E-state index contributed by atoms with van der Waals surface area (Å²) in [5.74, 6) is -1.16. The summed E-state index contributed by atoms with van der Waals surface area (Å²) >= 11 is 5.72. The quantitative estimate of drug-likeness (QED) is 0.734. The van der Waals surface area contributed by atoms with Crippen LogP contribution in [-0.4, -0.2) is 0 Å². The topological polar surface area (TPSA) is 64.1 Å². The summed E-state index contributed by atoms with van der Waals surface area (Å²) in [4.78, 5) is 0. The van der Waals surface area contributed by atoms with Crippen molar-refractivity contribution in [2.75, 3.05) is 16.8 Å². The van der Waals surface area contributed by atoms with Crippen LogP contribution in [0, 0.1) is 18.6 Å². The Hall–Kier alpha value is -2.01. The van der Waals surface area contributed by atoms with Gasteiger partial charge in [-0.2, -0.15) is 0 Å². The Balaban J connectivity index is 2.50. The Labute approximate surface area is 114 Å². The van der Waals surface area contributed by atoms with Crippen LogP contribution in [0.1, 0.15) is 5.56 Å². The van der Waals surface area contributed by atoms with Crippen LogP contribution in [0.15, 0.2) is 24.3 Å². The number of nitrogen functional groups attached to an aromatic ring is 2. The van der Waals surface area contributed by atoms with Gasteiger partial charge in [-0.1, -0.05) is 17.7 Å². The van der Waals surface area contributed by atoms with Gasteiger partial charge in [0, 0.05) is 11.3 Å². The lowest BCUT2D eigenvalue weighted by Gasteiger charge is -2.14. The average Bonchev–Trinajstić information content (AvgIpc) is 2.37. The zero-order chi connectivity index (χ0) is 14.2. The van der Waals surface area contributed by atoms with Crippen molar-refractivity contribution in [1.82, 2.24) is 0 Å². The molecule has 0 spiro atoms. The molecule has 0 aromatic heterocycles. The van der Waals surface area contributed by atoms with Gasteiger partial charge in [0.1, 0.15) is 10.8 Å². The number of anilines is 4. The van der Waals surface area contributed by atoms with Crippen molar-refractivity contribution in [2.45, 2.75) is 6.92 Å². The summed E-state index contributed by atoms with van der Waals surface area (Å²) in [5, 5.41) is 2.52. The maximum Gasteiger partial charge on any atom is 0.169 e. The van der Waals surface area contributed by atoms with Crippen LogP contribution in [0.4, 0.5) is 31.5 Å². The molecule has 0 heterocycles. The van der Waals surface area contributed by atoms with E-state index >= 15 is 0 Å². The van der Waals surface area contributed by atoms with Crippen molar-refractivity contribution >= 4 is 34.4 Å². The number of hydrogen-bond acceptors (Lipinski definition) is 3. The van der Waals surface area contributed by atoms with E-state index in [-0.39, 0.29) is 22.1 Å². The second-order valence-electron chi connectivity index (χ2n) is 4.10. The van der Waals surface area contributed by atoms with E-state index in [2.05, 4.69) is 5.32 Å². The molecule has 0 bridgehead atoms. The second kappa shape index (κ2) is 4.93. The Morgan fingerprint density at radius 3 is 2.53 bits per heavy atom. The van der Waals surface area contributed by atoms with Crippen molar-refractivity contribution in [3.05, 3.63) is 46.5 Å². The van der Waals surface area contributed by atoms with Crippen LogP contribution < -0.4 is 16.8 Å². The van der Waals surface area contributed by atoms with Crippen LogP contribution in [0.3, 0.4) is 0 Å². The van der Waals surface area contributed by atoms with Gasteiger partial charge in [0.25, 0.3) is 0 Å². The lowest BCUT2D eigenvalue weighted by Crippen LogP contribution is -2.04. The Kier molecular flexibility index (Phi) is 3.48. The molecule has 2 aromatic rings. The molecule has 2 rings (SSSR count). The van der Waals surface area contributed by atoms with Gasteiger partial charge in [-0.3, -0.25) is 0 Å². The van der Waals surface area contributed by atoms with E-state index in [9.17, 15) is 8.78 Å². The summed E-state index contributed by atoms with van der Waals surface area (Å²) in [6.45, 7) is 1.57. The minimum Gasteiger partial charge on any atom is -0.397 e. The van der Waals surface area contributed by atoms with E-state index < -0.39 is 11.6 Å². The van der Waals surface area contributed by atoms with Gasteiger partial charge in [-0.25, -0.2) is 8.78 Å². The predicted octanol–water partition coefficient (Wildman–Crippen LogP) is 3.83. The first-order valence-corrected chi connectivity index (χ1v) is 5.84. The van der Waals surface area contributed by atoms with Gasteiger partial charge in [-0.15, -0.1) is 0 Å². The van der Waals surface area contributed by atoms with Gasteiger partial charge in [0.2, 0.25) is 0 Å². The SMILES string of the molecule is Cc1c(F)cccc1Nc1c(N)cc(N)c(Cl)c1F. The largest absolute Gasteiger partial charge is 0.397 e. The number of hydrogen-bond donors (Lipinski definition) is 3. The van der Waals surface area contributed by atoms with Gasteiger partial charge in [-0.05, 0) is 25.1 Å². The van der Waals surface area contributed by atoms with Crippen LogP contribution in [0.25, 0.3) is 0 Å². The van der Waals surface area contributed by atoms with Gasteiger partial charge >= 0.3 is 0 Å². The molecule has 19 heavy (non-hydrogen) atoms. The van der Waals surface area contributed by atoms with Gasteiger partial charge in [0.15, 0.2) is 5.82 Å². The van der Waals surface area contributed by atoms with E-state index in [0.29, 0.717) is 11.3 Å². The molecule has 2 aromatic carbocycles. The summed E-state index contributed by atoms with van der Waals surface area (Å²) in [7, 11) is 0. The molecule has 0 aliphatic heterocycles. The second-order valence-corrected chi connectivity index (χ2v) is 4.47. The molecular weight excluding hydrogens is 272 g/mol. The fourth-order valence-electron chi connectivity index (χ4n) is 1.67. The van der Waals surface area contributed by atoms with E-state index in [1.807, 2.05) is 0 Å².